The second-order valence-electron chi connectivity index (χ2n) is 9.96. The Labute approximate surface area is 248 Å². The number of likely N-dealkylation sites (N-methyl/N-ethyl adjacent to an activating group) is 1. The lowest BCUT2D eigenvalue weighted by atomic mass is 10.1. The highest BCUT2D eigenvalue weighted by atomic mass is 35.5. The molecule has 0 unspecified atom stereocenters. The fourth-order valence-corrected chi connectivity index (χ4v) is 5.37. The van der Waals surface area contributed by atoms with E-state index in [1.165, 1.54) is 12.1 Å². The van der Waals surface area contributed by atoms with Gasteiger partial charge < -0.3 is 19.9 Å². The van der Waals surface area contributed by atoms with Gasteiger partial charge in [0.2, 0.25) is 5.91 Å². The average molecular weight is 636 g/mol. The number of fused-ring (bicyclic) bond motifs is 1. The van der Waals surface area contributed by atoms with Crippen molar-refractivity contribution in [2.24, 2.45) is 7.05 Å². The number of aromatic nitrogens is 2. The van der Waals surface area contributed by atoms with Gasteiger partial charge in [0.05, 0.1) is 27.7 Å². The molecule has 1 aliphatic heterocycles. The molecule has 2 N–H and O–H groups in total. The van der Waals surface area contributed by atoms with Gasteiger partial charge in [-0.05, 0) is 49.7 Å². The van der Waals surface area contributed by atoms with Crippen molar-refractivity contribution in [3.05, 3.63) is 56.8 Å². The first-order chi connectivity index (χ1) is 19.7. The highest BCUT2D eigenvalue weighted by Crippen LogP contribution is 2.33. The zero-order chi connectivity index (χ0) is 30.8. The van der Waals surface area contributed by atoms with E-state index in [0.717, 1.165) is 19.4 Å². The van der Waals surface area contributed by atoms with Crippen LogP contribution in [0, 0.1) is 0 Å². The summed E-state index contributed by atoms with van der Waals surface area (Å²) in [4.78, 5) is 31.7. The molecule has 1 atom stereocenters. The summed E-state index contributed by atoms with van der Waals surface area (Å²) >= 11 is 13.2. The number of nitrogens with zero attached hydrogens (tertiary/aromatic N) is 3. The molecule has 2 amide bonds. The summed E-state index contributed by atoms with van der Waals surface area (Å²) in [7, 11) is 3.53. The van der Waals surface area contributed by atoms with Gasteiger partial charge in [-0.25, -0.2) is 13.8 Å². The maximum absolute atomic E-state index is 12.9. The molecule has 3 aromatic rings. The summed E-state index contributed by atoms with van der Waals surface area (Å²) in [6.07, 6.45) is -5.73. The van der Waals surface area contributed by atoms with Crippen LogP contribution in [0.4, 0.5) is 22.0 Å². The van der Waals surface area contributed by atoms with Crippen LogP contribution in [0.25, 0.3) is 11.0 Å². The molecule has 42 heavy (non-hydrogen) atoms. The number of imidazole rings is 1. The largest absolute Gasteiger partial charge is 0.487 e. The van der Waals surface area contributed by atoms with E-state index in [2.05, 4.69) is 10.3 Å². The third kappa shape index (κ3) is 7.42. The van der Waals surface area contributed by atoms with Crippen molar-refractivity contribution in [2.75, 3.05) is 26.7 Å². The highest BCUT2D eigenvalue weighted by molar-refractivity contribution is 6.36. The van der Waals surface area contributed by atoms with Crippen molar-refractivity contribution >= 4 is 46.0 Å². The van der Waals surface area contributed by atoms with E-state index < -0.39 is 31.7 Å². The Hall–Kier alpha value is -3.16. The van der Waals surface area contributed by atoms with Crippen LogP contribution < -0.4 is 15.4 Å². The number of nitrogens with one attached hydrogen (secondary N) is 2. The van der Waals surface area contributed by atoms with E-state index in [4.69, 9.17) is 27.9 Å². The summed E-state index contributed by atoms with van der Waals surface area (Å²) in [5, 5.41) is 5.29. The summed E-state index contributed by atoms with van der Waals surface area (Å²) < 4.78 is 70.4. The van der Waals surface area contributed by atoms with Crippen LogP contribution in [0.15, 0.2) is 24.3 Å². The van der Waals surface area contributed by atoms with Crippen molar-refractivity contribution in [2.45, 2.75) is 44.5 Å². The molecule has 1 fully saturated rings. The van der Waals surface area contributed by atoms with E-state index >= 15 is 0 Å². The van der Waals surface area contributed by atoms with Crippen LogP contribution in [-0.4, -0.2) is 71.7 Å². The lowest BCUT2D eigenvalue weighted by Crippen LogP contribution is -2.41. The molecule has 0 saturated carbocycles. The van der Waals surface area contributed by atoms with Gasteiger partial charge in [-0.15, -0.1) is 0 Å². The van der Waals surface area contributed by atoms with Gasteiger partial charge in [-0.2, -0.15) is 13.2 Å². The Morgan fingerprint density at radius 2 is 1.90 bits per heavy atom. The predicted octanol–water partition coefficient (Wildman–Crippen LogP) is 5.12. The van der Waals surface area contributed by atoms with Gasteiger partial charge in [0.15, 0.2) is 0 Å². The van der Waals surface area contributed by atoms with Gasteiger partial charge >= 0.3 is 6.18 Å². The van der Waals surface area contributed by atoms with Gasteiger partial charge in [0.25, 0.3) is 12.3 Å². The lowest BCUT2D eigenvalue weighted by molar-refractivity contribution is -0.125. The van der Waals surface area contributed by atoms with Crippen LogP contribution in [0.5, 0.6) is 5.75 Å². The minimum absolute atomic E-state index is 0.0992. The van der Waals surface area contributed by atoms with Crippen molar-refractivity contribution in [1.82, 2.24) is 25.1 Å². The topological polar surface area (TPSA) is 88.5 Å². The van der Waals surface area contributed by atoms with Crippen molar-refractivity contribution in [3.8, 4) is 5.75 Å². The fourth-order valence-electron chi connectivity index (χ4n) is 4.80. The summed E-state index contributed by atoms with van der Waals surface area (Å²) in [6, 6.07) is 5.60. The highest BCUT2D eigenvalue weighted by Gasteiger charge is 2.30. The smallest absolute Gasteiger partial charge is 0.405 e. The molecular weight excluding hydrogens is 608 g/mol. The number of alkyl halides is 5. The molecule has 0 radical (unpaired) electrons. The fraction of sp³-hybridized carbons (Fsp3) is 0.444. The van der Waals surface area contributed by atoms with Gasteiger partial charge in [-0.3, -0.25) is 14.5 Å². The Morgan fingerprint density at radius 1 is 1.17 bits per heavy atom. The zero-order valence-corrected chi connectivity index (χ0v) is 24.1. The molecular formula is C27H28Cl2F5N5O3. The number of carbonyl (C=O) groups excluding carboxylic acids is 2. The van der Waals surface area contributed by atoms with Gasteiger partial charge in [0, 0.05) is 31.1 Å². The molecule has 2 heterocycles. The van der Waals surface area contributed by atoms with Gasteiger partial charge in [-0.1, -0.05) is 29.3 Å². The second-order valence-corrected chi connectivity index (χ2v) is 10.7. The molecule has 4 rings (SSSR count). The molecule has 2 aromatic carbocycles. The standard InChI is InChI=1S/C27H28Cl2F5N5O3/c1-38-7-3-4-19(38)26(41)35-11-14-5-6-17(28)15(24(14)29)9-23-37-18-8-16(25(40)36-13-27(32,33)34)21(42-12-22(30)31)10-20(18)39(23)2/h5-6,8,10,19,22H,3-4,7,9,11-13H2,1-2H3,(H,35,41)(H,36,40)/t19-/m0/s1. The average Bonchev–Trinajstić information content (AvgIpc) is 3.49. The van der Waals surface area contributed by atoms with Crippen molar-refractivity contribution < 1.29 is 36.3 Å². The van der Waals surface area contributed by atoms with E-state index in [1.807, 2.05) is 11.9 Å². The number of aryl methyl sites for hydroxylation is 1. The SMILES string of the molecule is CN1CCC[C@H]1C(=O)NCc1ccc(Cl)c(Cc2nc3cc(C(=O)NCC(F)(F)F)c(OCC(F)F)cc3n2C)c1Cl. The molecule has 8 nitrogen and oxygen atoms in total. The van der Waals surface area contributed by atoms with Crippen LogP contribution in [0.3, 0.4) is 0 Å². The van der Waals surface area contributed by atoms with E-state index in [-0.39, 0.29) is 41.7 Å². The third-order valence-corrected chi connectivity index (χ3v) is 7.84. The Bertz CT molecular complexity index is 1480. The summed E-state index contributed by atoms with van der Waals surface area (Å²) in [5.74, 6) is -1.16. The molecule has 0 bridgehead atoms. The minimum Gasteiger partial charge on any atom is -0.487 e. The number of carbonyl (C=O) groups is 2. The Kier molecular flexibility index (Phi) is 9.84. The maximum Gasteiger partial charge on any atom is 0.405 e. The molecule has 228 valence electrons. The monoisotopic (exact) mass is 635 g/mol. The molecule has 1 aliphatic rings. The predicted molar refractivity (Wildman–Crippen MR) is 147 cm³/mol. The number of halogens is 7. The first-order valence-corrected chi connectivity index (χ1v) is 13.7. The molecule has 1 saturated heterocycles. The maximum atomic E-state index is 12.9. The third-order valence-electron chi connectivity index (χ3n) is 7.01. The zero-order valence-electron chi connectivity index (χ0n) is 22.6. The molecule has 15 heteroatoms. The van der Waals surface area contributed by atoms with Crippen molar-refractivity contribution in [3.63, 3.8) is 0 Å². The van der Waals surface area contributed by atoms with E-state index in [1.54, 1.807) is 29.1 Å². The van der Waals surface area contributed by atoms with E-state index in [9.17, 15) is 31.5 Å². The quantitative estimate of drug-likeness (QED) is 0.302. The van der Waals surface area contributed by atoms with Crippen LogP contribution in [-0.2, 0) is 24.8 Å². The van der Waals surface area contributed by atoms with Gasteiger partial charge in [0.1, 0.15) is 24.7 Å². The van der Waals surface area contributed by atoms with Crippen LogP contribution in [0.1, 0.15) is 40.2 Å². The normalized spacial score (nSPS) is 15.9. The number of hydrogen-bond acceptors (Lipinski definition) is 5. The minimum atomic E-state index is -4.68. The molecule has 1 aromatic heterocycles. The number of rotatable bonds is 10. The second kappa shape index (κ2) is 13.0. The summed E-state index contributed by atoms with van der Waals surface area (Å²) in [5.41, 5.74) is 1.36. The number of likely N-dealkylation sites (tertiary alicyclic amines) is 1. The molecule has 0 aliphatic carbocycles. The number of hydrogen-bond donors (Lipinski definition) is 2. The first kappa shape index (κ1) is 31.8. The Morgan fingerprint density at radius 3 is 2.55 bits per heavy atom. The first-order valence-electron chi connectivity index (χ1n) is 12.9. The number of amides is 2. The number of ether oxygens (including phenoxy) is 1. The summed E-state index contributed by atoms with van der Waals surface area (Å²) in [6.45, 7) is -1.66. The Balaban J connectivity index is 1.61. The lowest BCUT2D eigenvalue weighted by Gasteiger charge is -2.19. The van der Waals surface area contributed by atoms with Crippen LogP contribution in [0.2, 0.25) is 10.0 Å². The molecule has 0 spiro atoms. The van der Waals surface area contributed by atoms with Crippen LogP contribution >= 0.6 is 23.2 Å². The number of benzene rings is 2. The van der Waals surface area contributed by atoms with E-state index in [0.29, 0.717) is 32.5 Å². The van der Waals surface area contributed by atoms with Crippen molar-refractivity contribution in [1.29, 1.82) is 0 Å².